The van der Waals surface area contributed by atoms with Crippen molar-refractivity contribution in [1.82, 2.24) is 0 Å². The molecule has 4 unspecified atom stereocenters. The smallest absolute Gasteiger partial charge is 0.240 e. The van der Waals surface area contributed by atoms with E-state index in [1.54, 1.807) is 24.3 Å². The minimum Gasteiger partial charge on any atom is -0.493 e. The van der Waals surface area contributed by atoms with Crippen LogP contribution in [0.4, 0.5) is 5.69 Å². The Kier molecular flexibility index (Phi) is 4.93. The summed E-state index contributed by atoms with van der Waals surface area (Å²) >= 11 is 6.06. The van der Waals surface area contributed by atoms with Gasteiger partial charge in [-0.2, -0.15) is 5.26 Å². The number of carbonyl (C=O) groups excluding carboxylic acids is 2. The number of carbonyl (C=O) groups is 2. The Morgan fingerprint density at radius 1 is 1.06 bits per heavy atom. The third-order valence-corrected chi connectivity index (χ3v) is 8.10. The van der Waals surface area contributed by atoms with Crippen molar-refractivity contribution in [2.45, 2.75) is 37.4 Å². The van der Waals surface area contributed by atoms with Crippen LogP contribution < -0.4 is 9.64 Å². The van der Waals surface area contributed by atoms with E-state index in [0.717, 1.165) is 5.39 Å². The van der Waals surface area contributed by atoms with Crippen molar-refractivity contribution in [2.24, 2.45) is 11.8 Å². The summed E-state index contributed by atoms with van der Waals surface area (Å²) in [5.41, 5.74) is -0.405. The largest absolute Gasteiger partial charge is 0.493 e. The van der Waals surface area contributed by atoms with Gasteiger partial charge in [-0.3, -0.25) is 9.59 Å². The van der Waals surface area contributed by atoms with Crippen LogP contribution in [0.15, 0.2) is 60.7 Å². The first kappa shape index (κ1) is 22.1. The highest BCUT2D eigenvalue weighted by Gasteiger charge is 2.73. The van der Waals surface area contributed by atoms with Gasteiger partial charge in [0.1, 0.15) is 5.75 Å². The molecule has 3 heterocycles. The van der Waals surface area contributed by atoms with Gasteiger partial charge in [0.25, 0.3) is 0 Å². The number of fused-ring (bicyclic) bond motifs is 6. The Bertz CT molecular complexity index is 1430. The lowest BCUT2D eigenvalue weighted by atomic mass is 9.67. The number of benzene rings is 3. The fraction of sp³-hybridized carbons (Fsp3) is 0.321. The van der Waals surface area contributed by atoms with E-state index in [1.165, 1.54) is 4.90 Å². The van der Waals surface area contributed by atoms with E-state index in [9.17, 15) is 14.9 Å². The number of hydrogen-bond acceptors (Lipinski definition) is 5. The molecule has 0 N–H and O–H groups in total. The van der Waals surface area contributed by atoms with Crippen LogP contribution in [0.2, 0.25) is 5.02 Å². The zero-order valence-corrected chi connectivity index (χ0v) is 19.9. The maximum atomic E-state index is 13.9. The molecule has 7 heteroatoms. The van der Waals surface area contributed by atoms with E-state index in [1.807, 2.05) is 43.3 Å². The lowest BCUT2D eigenvalue weighted by Crippen LogP contribution is -2.43. The quantitative estimate of drug-likeness (QED) is 0.459. The fourth-order valence-corrected chi connectivity index (χ4v) is 6.50. The van der Waals surface area contributed by atoms with E-state index in [4.69, 9.17) is 21.1 Å². The summed E-state index contributed by atoms with van der Waals surface area (Å²) in [5.74, 6) is -0.908. The van der Waals surface area contributed by atoms with Gasteiger partial charge < -0.3 is 9.47 Å². The first-order valence-electron chi connectivity index (χ1n) is 11.8. The summed E-state index contributed by atoms with van der Waals surface area (Å²) in [4.78, 5) is 29.0. The highest BCUT2D eigenvalue weighted by molar-refractivity contribution is 6.30. The van der Waals surface area contributed by atoms with E-state index in [0.29, 0.717) is 53.3 Å². The molecule has 0 saturated carbocycles. The Morgan fingerprint density at radius 3 is 2.60 bits per heavy atom. The maximum absolute atomic E-state index is 13.9. The monoisotopic (exact) mass is 486 g/mol. The summed E-state index contributed by atoms with van der Waals surface area (Å²) in [7, 11) is 0. The Morgan fingerprint density at radius 2 is 1.83 bits per heavy atom. The Labute approximate surface area is 208 Å². The van der Waals surface area contributed by atoms with E-state index in [-0.39, 0.29) is 11.8 Å². The van der Waals surface area contributed by atoms with Crippen LogP contribution in [0.5, 0.6) is 5.75 Å². The van der Waals surface area contributed by atoms with Gasteiger partial charge in [-0.15, -0.1) is 0 Å². The van der Waals surface area contributed by atoms with Gasteiger partial charge in [0.05, 0.1) is 47.0 Å². The van der Waals surface area contributed by atoms with Gasteiger partial charge in [-0.05, 0) is 50.1 Å². The van der Waals surface area contributed by atoms with Crippen molar-refractivity contribution in [2.75, 3.05) is 11.5 Å². The van der Waals surface area contributed by atoms with Crippen molar-refractivity contribution in [3.63, 3.8) is 0 Å². The molecule has 6 rings (SSSR count). The molecule has 0 radical (unpaired) electrons. The topological polar surface area (TPSA) is 79.6 Å². The first-order valence-corrected chi connectivity index (χ1v) is 12.1. The standard InChI is InChI=1S/C28H23ClN2O4/c1-27-11-12-28(35-27,13-14-34-19-6-4-5-18(29)15-19)24-23(27)25(32)31(26(24)33)22-10-9-17(16-30)20-7-2-3-8-21(20)22/h2-10,15,23-24H,11-14H2,1H3. The van der Waals surface area contributed by atoms with Crippen molar-refractivity contribution < 1.29 is 19.1 Å². The molecule has 3 fully saturated rings. The van der Waals surface area contributed by atoms with Crippen LogP contribution in [-0.4, -0.2) is 29.6 Å². The van der Waals surface area contributed by atoms with Crippen LogP contribution in [0.1, 0.15) is 31.7 Å². The van der Waals surface area contributed by atoms with Crippen LogP contribution >= 0.6 is 11.6 Å². The number of halogens is 1. The molecule has 0 aliphatic carbocycles. The second kappa shape index (κ2) is 7.81. The Balaban J connectivity index is 1.34. The summed E-state index contributed by atoms with van der Waals surface area (Å²) in [6, 6.07) is 20.1. The SMILES string of the molecule is CC12CCC(CCOc3cccc(Cl)c3)(O1)C1C(=O)N(c3ccc(C#N)c4ccccc34)C(=O)C12. The number of imide groups is 1. The molecule has 3 aliphatic heterocycles. The summed E-state index contributed by atoms with van der Waals surface area (Å²) in [5, 5.41) is 11.5. The molecular weight excluding hydrogens is 464 g/mol. The summed E-state index contributed by atoms with van der Waals surface area (Å²) in [6.07, 6.45) is 1.91. The lowest BCUT2D eigenvalue weighted by Gasteiger charge is -2.31. The molecule has 2 bridgehead atoms. The van der Waals surface area contributed by atoms with Crippen LogP contribution in [0, 0.1) is 23.2 Å². The van der Waals surface area contributed by atoms with Gasteiger partial charge in [0.15, 0.2) is 0 Å². The molecule has 35 heavy (non-hydrogen) atoms. The van der Waals surface area contributed by atoms with Crippen LogP contribution in [-0.2, 0) is 14.3 Å². The molecule has 6 nitrogen and oxygen atoms in total. The molecule has 176 valence electrons. The second-order valence-corrected chi connectivity index (χ2v) is 10.2. The molecule has 0 spiro atoms. The average Bonchev–Trinajstić information content (AvgIpc) is 3.43. The second-order valence-electron chi connectivity index (χ2n) is 9.79. The molecular formula is C28H23ClN2O4. The maximum Gasteiger partial charge on any atom is 0.240 e. The number of rotatable bonds is 5. The number of ether oxygens (including phenoxy) is 2. The highest BCUT2D eigenvalue weighted by Crippen LogP contribution is 2.62. The molecule has 4 atom stereocenters. The molecule has 3 saturated heterocycles. The third kappa shape index (κ3) is 3.19. The van der Waals surface area contributed by atoms with Gasteiger partial charge in [0, 0.05) is 22.2 Å². The molecule has 3 aliphatic rings. The number of hydrogen-bond donors (Lipinski definition) is 0. The Hall–Kier alpha value is -3.40. The number of nitrogens with zero attached hydrogens (tertiary/aromatic N) is 2. The fourth-order valence-electron chi connectivity index (χ4n) is 6.32. The van der Waals surface area contributed by atoms with Gasteiger partial charge >= 0.3 is 0 Å². The van der Waals surface area contributed by atoms with Crippen molar-refractivity contribution in [1.29, 1.82) is 5.26 Å². The molecule has 3 aromatic carbocycles. The van der Waals surface area contributed by atoms with Gasteiger partial charge in [0.2, 0.25) is 11.8 Å². The first-order chi connectivity index (χ1) is 16.9. The minimum absolute atomic E-state index is 0.227. The normalized spacial score (nSPS) is 29.0. The molecule has 3 aromatic rings. The van der Waals surface area contributed by atoms with Gasteiger partial charge in [-0.25, -0.2) is 4.90 Å². The van der Waals surface area contributed by atoms with Crippen molar-refractivity contribution >= 4 is 39.9 Å². The number of nitriles is 1. The highest BCUT2D eigenvalue weighted by atomic mass is 35.5. The lowest BCUT2D eigenvalue weighted by molar-refractivity contribution is -0.131. The zero-order valence-electron chi connectivity index (χ0n) is 19.2. The molecule has 0 aromatic heterocycles. The third-order valence-electron chi connectivity index (χ3n) is 7.86. The van der Waals surface area contributed by atoms with E-state index < -0.39 is 23.0 Å². The zero-order chi connectivity index (χ0) is 24.4. The van der Waals surface area contributed by atoms with E-state index >= 15 is 0 Å². The predicted molar refractivity (Wildman–Crippen MR) is 131 cm³/mol. The van der Waals surface area contributed by atoms with Crippen molar-refractivity contribution in [3.05, 3.63) is 71.2 Å². The summed E-state index contributed by atoms with van der Waals surface area (Å²) < 4.78 is 12.4. The van der Waals surface area contributed by atoms with Crippen LogP contribution in [0.25, 0.3) is 10.8 Å². The molecule has 2 amide bonds. The van der Waals surface area contributed by atoms with Gasteiger partial charge in [-0.1, -0.05) is 41.9 Å². The predicted octanol–water partition coefficient (Wildman–Crippen LogP) is 5.26. The van der Waals surface area contributed by atoms with Crippen LogP contribution in [0.3, 0.4) is 0 Å². The van der Waals surface area contributed by atoms with E-state index in [2.05, 4.69) is 6.07 Å². The summed E-state index contributed by atoms with van der Waals surface area (Å²) in [6.45, 7) is 2.30. The minimum atomic E-state index is -0.748. The average molecular weight is 487 g/mol. The van der Waals surface area contributed by atoms with Crippen molar-refractivity contribution in [3.8, 4) is 11.8 Å². The number of amides is 2. The number of anilines is 1.